The highest BCUT2D eigenvalue weighted by atomic mass is 32.1. The van der Waals surface area contributed by atoms with Crippen molar-refractivity contribution in [3.63, 3.8) is 0 Å². The Morgan fingerprint density at radius 1 is 0.472 bits per heavy atom. The molecule has 0 radical (unpaired) electrons. The molecular formula is C64H68N6S2. The summed E-state index contributed by atoms with van der Waals surface area (Å²) in [7, 11) is 0. The summed E-state index contributed by atoms with van der Waals surface area (Å²) in [5, 5.41) is 2.03. The summed E-state index contributed by atoms with van der Waals surface area (Å²) >= 11 is 2.50. The highest BCUT2D eigenvalue weighted by Gasteiger charge is 2.24. The second-order valence-corrected chi connectivity index (χ2v) is 24.3. The molecule has 0 saturated heterocycles. The van der Waals surface area contributed by atoms with Crippen molar-refractivity contribution in [1.29, 1.82) is 0 Å². The fourth-order valence-electron chi connectivity index (χ4n) is 9.53. The Morgan fingerprint density at radius 2 is 0.806 bits per heavy atom. The number of rotatable bonds is 11. The van der Waals surface area contributed by atoms with E-state index in [1.165, 1.54) is 40.1 Å². The molecule has 9 rings (SSSR count). The predicted molar refractivity (Wildman–Crippen MR) is 312 cm³/mol. The lowest BCUT2D eigenvalue weighted by Gasteiger charge is -2.29. The maximum Gasteiger partial charge on any atom is 0.113 e. The average molecular weight is 985 g/mol. The van der Waals surface area contributed by atoms with Crippen LogP contribution >= 0.6 is 23.5 Å². The zero-order valence-corrected chi connectivity index (χ0v) is 45.9. The summed E-state index contributed by atoms with van der Waals surface area (Å²) in [5.74, 6) is 0.207. The molecule has 2 heterocycles. The average Bonchev–Trinajstić information content (AvgIpc) is 4.05. The lowest BCUT2D eigenvalue weighted by molar-refractivity contribution is 0.344. The van der Waals surface area contributed by atoms with Gasteiger partial charge in [-0.2, -0.15) is 17.5 Å². The number of allylic oxidation sites excluding steroid dienone is 4. The van der Waals surface area contributed by atoms with Crippen LogP contribution in [0.3, 0.4) is 0 Å². The van der Waals surface area contributed by atoms with Gasteiger partial charge >= 0.3 is 0 Å². The molecule has 366 valence electrons. The van der Waals surface area contributed by atoms with Crippen LogP contribution in [0, 0.1) is 11.3 Å². The number of hydrogen-bond donors (Lipinski definition) is 0. The first-order valence-corrected chi connectivity index (χ1v) is 26.5. The van der Waals surface area contributed by atoms with E-state index in [2.05, 4.69) is 258 Å². The minimum Gasteiger partial charge on any atom is -0.311 e. The number of benzene rings is 7. The van der Waals surface area contributed by atoms with Crippen LogP contribution in [0.2, 0.25) is 0 Å². The molecule has 7 aromatic carbocycles. The summed E-state index contributed by atoms with van der Waals surface area (Å²) in [4.78, 5) is 4.67. The van der Waals surface area contributed by atoms with Crippen molar-refractivity contribution in [2.45, 2.75) is 106 Å². The first-order valence-electron chi connectivity index (χ1n) is 25.1. The van der Waals surface area contributed by atoms with Gasteiger partial charge < -0.3 is 9.80 Å². The van der Waals surface area contributed by atoms with Crippen molar-refractivity contribution >= 4 is 84.7 Å². The number of nitrogens with zero attached hydrogens (tertiary/aromatic N) is 6. The third-order valence-electron chi connectivity index (χ3n) is 14.0. The van der Waals surface area contributed by atoms with Gasteiger partial charge in [-0.25, -0.2) is 0 Å². The Kier molecular flexibility index (Phi) is 13.5. The molecule has 72 heavy (non-hydrogen) atoms. The Hall–Kier alpha value is -6.74. The van der Waals surface area contributed by atoms with Crippen LogP contribution < -0.4 is 9.80 Å². The van der Waals surface area contributed by atoms with Crippen LogP contribution in [-0.4, -0.2) is 17.5 Å². The molecule has 0 N–H and O–H groups in total. The van der Waals surface area contributed by atoms with E-state index in [0.717, 1.165) is 89.2 Å². The Morgan fingerprint density at radius 3 is 1.14 bits per heavy atom. The molecule has 1 unspecified atom stereocenters. The molecule has 0 bridgehead atoms. The molecule has 8 heteroatoms. The summed E-state index contributed by atoms with van der Waals surface area (Å²) in [6.45, 7) is 33.4. The Balaban J connectivity index is 1.09. The summed E-state index contributed by atoms with van der Waals surface area (Å²) in [6.07, 6.45) is 8.74. The van der Waals surface area contributed by atoms with E-state index in [4.69, 9.17) is 17.5 Å². The number of fused-ring (bicyclic) bond motifs is 5. The van der Waals surface area contributed by atoms with Crippen molar-refractivity contribution in [3.05, 3.63) is 187 Å². The third-order valence-corrected chi connectivity index (χ3v) is 15.1. The van der Waals surface area contributed by atoms with Gasteiger partial charge in [0.15, 0.2) is 0 Å². The lowest BCUT2D eigenvalue weighted by Crippen LogP contribution is -2.18. The van der Waals surface area contributed by atoms with E-state index in [1.54, 1.807) is 0 Å². The Bertz CT molecular complexity index is 3380. The maximum atomic E-state index is 4.96. The fraction of sp³-hybridized carbons (Fsp3) is 0.281. The fourth-order valence-corrected chi connectivity index (χ4v) is 10.7. The summed E-state index contributed by atoms with van der Waals surface area (Å²) in [6, 6.07) is 49.1. The van der Waals surface area contributed by atoms with Crippen molar-refractivity contribution in [2.24, 2.45) is 11.3 Å². The van der Waals surface area contributed by atoms with E-state index < -0.39 is 0 Å². The molecule has 2 aromatic heterocycles. The van der Waals surface area contributed by atoms with Gasteiger partial charge in [-0.3, -0.25) is 0 Å². The van der Waals surface area contributed by atoms with Crippen LogP contribution in [-0.2, 0) is 16.2 Å². The van der Waals surface area contributed by atoms with Gasteiger partial charge in [0.2, 0.25) is 0 Å². The van der Waals surface area contributed by atoms with E-state index in [0.29, 0.717) is 0 Å². The van der Waals surface area contributed by atoms with Gasteiger partial charge in [-0.05, 0) is 141 Å². The highest BCUT2D eigenvalue weighted by Crippen LogP contribution is 2.44. The van der Waals surface area contributed by atoms with Gasteiger partial charge in [-0.15, -0.1) is 6.58 Å². The minimum atomic E-state index is 0.0455. The largest absolute Gasteiger partial charge is 0.311 e. The zero-order chi connectivity index (χ0) is 51.3. The molecular weight excluding hydrogens is 917 g/mol. The standard InChI is InChI=1S/C64H68N6S2/c1-15-43(61(3,4)5)21-32-47(16-2)69(50-33-22-44(23-34-50)62(6,7)8)48-28-17-41(18-29-48)53-39-55-56(59-57(53)65-71-67-59)40-54(58-60(55)68-72-66-58)42-19-30-49(31-20-42)70(51-35-24-45(25-36-51)63(9,10)11)52-37-26-46(27-38-52)64(12,13)14/h15-40,43H,1H2,2-14H3/b32-21-,47-16+. The molecule has 0 amide bonds. The van der Waals surface area contributed by atoms with Gasteiger partial charge in [0.1, 0.15) is 22.1 Å². The first-order chi connectivity index (χ1) is 34.1. The van der Waals surface area contributed by atoms with E-state index in [1.807, 2.05) is 6.08 Å². The van der Waals surface area contributed by atoms with Crippen LogP contribution in [0.4, 0.5) is 28.4 Å². The molecule has 0 aliphatic carbocycles. The quantitative estimate of drug-likeness (QED) is 0.0951. The van der Waals surface area contributed by atoms with E-state index in [9.17, 15) is 0 Å². The SMILES string of the molecule is C=CC(/C=C\C(=C/C)N(c1ccc(-c2cc3c(cc(-c4ccc(N(c5ccc(C(C)(C)C)cc5)c5ccc(C(C)(C)C)cc5)cc4)c4nsnc43)c3nsnc23)cc1)c1ccc(C(C)(C)C)cc1)C(C)(C)C. The van der Waals surface area contributed by atoms with E-state index >= 15 is 0 Å². The lowest BCUT2D eigenvalue weighted by atomic mass is 9.80. The molecule has 0 aliphatic rings. The normalized spacial score (nSPS) is 13.4. The van der Waals surface area contributed by atoms with Gasteiger partial charge in [-0.1, -0.05) is 162 Å². The van der Waals surface area contributed by atoms with Gasteiger partial charge in [0, 0.05) is 56.0 Å². The number of aromatic nitrogens is 4. The first kappa shape index (κ1) is 50.2. The predicted octanol–water partition coefficient (Wildman–Crippen LogP) is 19.0. The molecule has 9 aromatic rings. The van der Waals surface area contributed by atoms with Gasteiger partial charge in [0.05, 0.1) is 23.5 Å². The topological polar surface area (TPSA) is 58.0 Å². The zero-order valence-electron chi connectivity index (χ0n) is 44.3. The summed E-state index contributed by atoms with van der Waals surface area (Å²) in [5.41, 5.74) is 18.3. The third kappa shape index (κ3) is 10.0. The smallest absolute Gasteiger partial charge is 0.113 e. The molecule has 0 spiro atoms. The van der Waals surface area contributed by atoms with Crippen LogP contribution in [0.1, 0.15) is 107 Å². The number of anilines is 5. The Labute approximate surface area is 436 Å². The second kappa shape index (κ2) is 19.4. The molecule has 1 atom stereocenters. The monoisotopic (exact) mass is 984 g/mol. The van der Waals surface area contributed by atoms with Crippen molar-refractivity contribution in [2.75, 3.05) is 9.80 Å². The van der Waals surface area contributed by atoms with Crippen LogP contribution in [0.25, 0.3) is 55.1 Å². The van der Waals surface area contributed by atoms with Crippen molar-refractivity contribution < 1.29 is 0 Å². The van der Waals surface area contributed by atoms with Crippen LogP contribution in [0.5, 0.6) is 0 Å². The molecule has 0 fully saturated rings. The highest BCUT2D eigenvalue weighted by molar-refractivity contribution is 7.00. The summed E-state index contributed by atoms with van der Waals surface area (Å²) < 4.78 is 19.8. The van der Waals surface area contributed by atoms with Crippen molar-refractivity contribution in [1.82, 2.24) is 17.5 Å². The van der Waals surface area contributed by atoms with Gasteiger partial charge in [0.25, 0.3) is 0 Å². The molecule has 0 saturated carbocycles. The van der Waals surface area contributed by atoms with E-state index in [-0.39, 0.29) is 27.6 Å². The maximum absolute atomic E-state index is 4.96. The minimum absolute atomic E-state index is 0.0455. The number of hydrogen-bond acceptors (Lipinski definition) is 8. The second-order valence-electron chi connectivity index (χ2n) is 23.2. The molecule has 0 aliphatic heterocycles. The van der Waals surface area contributed by atoms with Crippen LogP contribution in [0.15, 0.2) is 170 Å². The van der Waals surface area contributed by atoms with Crippen molar-refractivity contribution in [3.8, 4) is 22.3 Å². The molecule has 6 nitrogen and oxygen atoms in total.